The third-order valence-corrected chi connectivity index (χ3v) is 2.52. The molecule has 0 radical (unpaired) electrons. The molecule has 18 heavy (non-hydrogen) atoms. The summed E-state index contributed by atoms with van der Waals surface area (Å²) < 4.78 is 5.79. The summed E-state index contributed by atoms with van der Waals surface area (Å²) in [6.07, 6.45) is -0.135. The number of benzene rings is 1. The van der Waals surface area contributed by atoms with E-state index in [0.29, 0.717) is 11.8 Å². The number of aryl methyl sites for hydroxylation is 2. The van der Waals surface area contributed by atoms with Crippen molar-refractivity contribution in [3.63, 3.8) is 0 Å². The van der Waals surface area contributed by atoms with E-state index in [0.717, 1.165) is 11.1 Å². The van der Waals surface area contributed by atoms with Gasteiger partial charge < -0.3 is 4.74 Å². The van der Waals surface area contributed by atoms with Gasteiger partial charge >= 0.3 is 0 Å². The molecule has 1 aromatic carbocycles. The fourth-order valence-corrected chi connectivity index (χ4v) is 1.90. The van der Waals surface area contributed by atoms with Crippen LogP contribution in [0.4, 0.5) is 5.69 Å². The molecule has 0 bridgehead atoms. The number of nitro groups is 1. The van der Waals surface area contributed by atoms with E-state index in [1.807, 2.05) is 34.6 Å². The van der Waals surface area contributed by atoms with Crippen molar-refractivity contribution < 1.29 is 9.66 Å². The molecule has 100 valence electrons. The van der Waals surface area contributed by atoms with Crippen LogP contribution in [0.1, 0.15) is 31.9 Å². The Hall–Kier alpha value is -1.62. The van der Waals surface area contributed by atoms with E-state index in [9.17, 15) is 10.1 Å². The maximum atomic E-state index is 10.7. The van der Waals surface area contributed by atoms with E-state index in [2.05, 4.69) is 5.32 Å². The van der Waals surface area contributed by atoms with Crippen LogP contribution in [-0.2, 0) is 0 Å². The largest absolute Gasteiger partial charge is 0.475 e. The van der Waals surface area contributed by atoms with Gasteiger partial charge in [-0.1, -0.05) is 0 Å². The smallest absolute Gasteiger partial charge is 0.270 e. The van der Waals surface area contributed by atoms with Gasteiger partial charge in [0, 0.05) is 18.2 Å². The van der Waals surface area contributed by atoms with Crippen molar-refractivity contribution >= 4 is 5.69 Å². The van der Waals surface area contributed by atoms with Crippen LogP contribution in [0.25, 0.3) is 0 Å². The molecule has 0 saturated heterocycles. The first-order valence-electron chi connectivity index (χ1n) is 5.99. The Morgan fingerprint density at radius 3 is 2.11 bits per heavy atom. The van der Waals surface area contributed by atoms with Gasteiger partial charge in [-0.2, -0.15) is 0 Å². The summed E-state index contributed by atoms with van der Waals surface area (Å²) in [6.45, 7) is 9.62. The van der Waals surface area contributed by atoms with Crippen LogP contribution in [0.3, 0.4) is 0 Å². The number of nitrogens with zero attached hydrogens (tertiary/aromatic N) is 1. The molecule has 0 saturated carbocycles. The van der Waals surface area contributed by atoms with Gasteiger partial charge in [0.25, 0.3) is 5.69 Å². The summed E-state index contributed by atoms with van der Waals surface area (Å²) in [7, 11) is 0. The number of hydrogen-bond donors (Lipinski definition) is 1. The quantitative estimate of drug-likeness (QED) is 0.497. The minimum Gasteiger partial charge on any atom is -0.475 e. The summed E-state index contributed by atoms with van der Waals surface area (Å²) in [5, 5.41) is 14.0. The number of ether oxygens (including phenoxy) is 1. The van der Waals surface area contributed by atoms with Gasteiger partial charge in [-0.05, 0) is 45.7 Å². The Morgan fingerprint density at radius 2 is 1.72 bits per heavy atom. The van der Waals surface area contributed by atoms with Gasteiger partial charge in [0.05, 0.1) is 4.92 Å². The molecule has 0 aromatic heterocycles. The van der Waals surface area contributed by atoms with Crippen LogP contribution in [-0.4, -0.2) is 17.2 Å². The van der Waals surface area contributed by atoms with Gasteiger partial charge in [0.2, 0.25) is 0 Å². The lowest BCUT2D eigenvalue weighted by atomic mass is 10.1. The number of non-ortho nitro benzene ring substituents is 1. The first-order chi connectivity index (χ1) is 8.31. The first kappa shape index (κ1) is 14.4. The van der Waals surface area contributed by atoms with Gasteiger partial charge in [0.1, 0.15) is 12.0 Å². The zero-order valence-electron chi connectivity index (χ0n) is 11.5. The minimum atomic E-state index is -0.389. The third-order valence-electron chi connectivity index (χ3n) is 2.52. The van der Waals surface area contributed by atoms with Crippen molar-refractivity contribution in [3.05, 3.63) is 33.4 Å². The molecule has 0 aliphatic rings. The van der Waals surface area contributed by atoms with Gasteiger partial charge in [0.15, 0.2) is 0 Å². The maximum Gasteiger partial charge on any atom is 0.270 e. The van der Waals surface area contributed by atoms with Crippen molar-refractivity contribution in [1.29, 1.82) is 0 Å². The second-order valence-electron chi connectivity index (χ2n) is 4.75. The summed E-state index contributed by atoms with van der Waals surface area (Å²) >= 11 is 0. The van der Waals surface area contributed by atoms with Crippen molar-refractivity contribution in [2.45, 2.75) is 46.9 Å². The predicted octanol–water partition coefficient (Wildman–Crippen LogP) is 2.93. The van der Waals surface area contributed by atoms with E-state index in [-0.39, 0.29) is 16.8 Å². The zero-order chi connectivity index (χ0) is 13.9. The highest BCUT2D eigenvalue weighted by Gasteiger charge is 2.15. The lowest BCUT2D eigenvalue weighted by Crippen LogP contribution is -2.36. The normalized spacial score (nSPS) is 12.6. The van der Waals surface area contributed by atoms with Crippen LogP contribution in [0.2, 0.25) is 0 Å². The molecular formula is C13H20N2O3. The molecule has 1 atom stereocenters. The Kier molecular flexibility index (Phi) is 4.67. The summed E-state index contributed by atoms with van der Waals surface area (Å²) in [6, 6.07) is 3.38. The molecule has 0 amide bonds. The maximum absolute atomic E-state index is 10.7. The second kappa shape index (κ2) is 5.82. The van der Waals surface area contributed by atoms with E-state index < -0.39 is 0 Å². The molecule has 0 aliphatic carbocycles. The molecule has 1 aromatic rings. The Morgan fingerprint density at radius 1 is 1.22 bits per heavy atom. The fraction of sp³-hybridized carbons (Fsp3) is 0.538. The van der Waals surface area contributed by atoms with E-state index in [4.69, 9.17) is 4.74 Å². The van der Waals surface area contributed by atoms with Crippen LogP contribution in [0, 0.1) is 24.0 Å². The van der Waals surface area contributed by atoms with Gasteiger partial charge in [-0.15, -0.1) is 0 Å². The average Bonchev–Trinajstić information content (AvgIpc) is 2.21. The van der Waals surface area contributed by atoms with Crippen molar-refractivity contribution in [3.8, 4) is 5.75 Å². The van der Waals surface area contributed by atoms with E-state index in [1.165, 1.54) is 12.1 Å². The highest BCUT2D eigenvalue weighted by Crippen LogP contribution is 2.28. The number of hydrogen-bond acceptors (Lipinski definition) is 4. The SMILES string of the molecule is Cc1cc([N+](=O)[O-])cc(C)c1OC(C)NC(C)C. The monoisotopic (exact) mass is 252 g/mol. The third kappa shape index (κ3) is 3.70. The van der Waals surface area contributed by atoms with E-state index in [1.54, 1.807) is 0 Å². The van der Waals surface area contributed by atoms with Crippen LogP contribution in [0.5, 0.6) is 5.75 Å². The average molecular weight is 252 g/mol. The summed E-state index contributed by atoms with van der Waals surface area (Å²) in [5.41, 5.74) is 1.65. The van der Waals surface area contributed by atoms with Gasteiger partial charge in [-0.3, -0.25) is 15.4 Å². The molecule has 1 N–H and O–H groups in total. The molecule has 1 unspecified atom stereocenters. The van der Waals surface area contributed by atoms with Crippen LogP contribution >= 0.6 is 0 Å². The molecule has 0 aliphatic heterocycles. The molecule has 0 fully saturated rings. The van der Waals surface area contributed by atoms with Crippen LogP contribution < -0.4 is 10.1 Å². The van der Waals surface area contributed by atoms with E-state index >= 15 is 0 Å². The van der Waals surface area contributed by atoms with Crippen molar-refractivity contribution in [1.82, 2.24) is 5.32 Å². The molecule has 0 heterocycles. The number of rotatable bonds is 5. The predicted molar refractivity (Wildman–Crippen MR) is 70.9 cm³/mol. The first-order valence-corrected chi connectivity index (χ1v) is 5.99. The van der Waals surface area contributed by atoms with Gasteiger partial charge in [-0.25, -0.2) is 0 Å². The summed E-state index contributed by atoms with van der Waals surface area (Å²) in [4.78, 5) is 10.3. The lowest BCUT2D eigenvalue weighted by Gasteiger charge is -2.21. The molecule has 5 nitrogen and oxygen atoms in total. The topological polar surface area (TPSA) is 64.4 Å². The zero-order valence-corrected chi connectivity index (χ0v) is 11.5. The standard InChI is InChI=1S/C13H20N2O3/c1-8(2)14-11(5)18-13-9(3)6-12(15(16)17)7-10(13)4/h6-8,11,14H,1-5H3. The summed E-state index contributed by atoms with van der Waals surface area (Å²) in [5.74, 6) is 0.709. The fourth-order valence-electron chi connectivity index (χ4n) is 1.90. The molecule has 5 heteroatoms. The van der Waals surface area contributed by atoms with Crippen LogP contribution in [0.15, 0.2) is 12.1 Å². The Bertz CT molecular complexity index is 421. The molecule has 0 spiro atoms. The highest BCUT2D eigenvalue weighted by molar-refractivity contribution is 5.49. The molecular weight excluding hydrogens is 232 g/mol. The van der Waals surface area contributed by atoms with Crippen molar-refractivity contribution in [2.75, 3.05) is 0 Å². The molecule has 1 rings (SSSR count). The number of nitro benzene ring substituents is 1. The Balaban J connectivity index is 2.93. The number of nitrogens with one attached hydrogen (secondary N) is 1. The van der Waals surface area contributed by atoms with Crippen molar-refractivity contribution in [2.24, 2.45) is 0 Å². The second-order valence-corrected chi connectivity index (χ2v) is 4.75. The Labute approximate surface area is 107 Å². The lowest BCUT2D eigenvalue weighted by molar-refractivity contribution is -0.385. The minimum absolute atomic E-state index is 0.0989. The highest BCUT2D eigenvalue weighted by atomic mass is 16.6.